The maximum atomic E-state index is 11.9. The topological polar surface area (TPSA) is 57.0 Å². The minimum absolute atomic E-state index is 0.255. The Bertz CT molecular complexity index is 819. The summed E-state index contributed by atoms with van der Waals surface area (Å²) in [5.41, 5.74) is 2.83. The molecule has 0 saturated heterocycles. The van der Waals surface area contributed by atoms with Crippen LogP contribution < -0.4 is 0 Å². The van der Waals surface area contributed by atoms with E-state index in [0.717, 1.165) is 22.4 Å². The van der Waals surface area contributed by atoms with E-state index in [1.165, 1.54) is 7.11 Å². The van der Waals surface area contributed by atoms with Crippen molar-refractivity contribution in [2.75, 3.05) is 7.11 Å². The van der Waals surface area contributed by atoms with Crippen molar-refractivity contribution >= 4 is 17.1 Å². The second-order valence-electron chi connectivity index (χ2n) is 5.62. The molecule has 2 aromatic heterocycles. The summed E-state index contributed by atoms with van der Waals surface area (Å²) >= 11 is 0. The van der Waals surface area contributed by atoms with E-state index in [2.05, 4.69) is 9.97 Å². The van der Waals surface area contributed by atoms with Crippen molar-refractivity contribution in [1.29, 1.82) is 0 Å². The van der Waals surface area contributed by atoms with Crippen LogP contribution in [0.3, 0.4) is 0 Å². The van der Waals surface area contributed by atoms with Gasteiger partial charge in [0.25, 0.3) is 0 Å². The van der Waals surface area contributed by atoms with E-state index in [1.54, 1.807) is 12.5 Å². The summed E-state index contributed by atoms with van der Waals surface area (Å²) in [5, 5.41) is 0. The Morgan fingerprint density at radius 1 is 1.14 bits per heavy atom. The predicted octanol–water partition coefficient (Wildman–Crippen LogP) is 2.87. The molecule has 0 radical (unpaired) electrons. The second-order valence-corrected chi connectivity index (χ2v) is 5.62. The SMILES string of the molecule is COC(=O)C(C)(C)c1ccc(-n2cnc3cccnc32)cc1. The fourth-order valence-corrected chi connectivity index (χ4v) is 2.45. The summed E-state index contributed by atoms with van der Waals surface area (Å²) in [6, 6.07) is 11.6. The first-order valence-electron chi connectivity index (χ1n) is 7.01. The quantitative estimate of drug-likeness (QED) is 0.697. The molecule has 5 nitrogen and oxygen atoms in total. The molecule has 3 rings (SSSR count). The van der Waals surface area contributed by atoms with Crippen LogP contribution in [0.2, 0.25) is 0 Å². The molecule has 0 aliphatic heterocycles. The Hall–Kier alpha value is -2.69. The number of rotatable bonds is 3. The Morgan fingerprint density at radius 2 is 1.86 bits per heavy atom. The largest absolute Gasteiger partial charge is 0.468 e. The van der Waals surface area contributed by atoms with Crippen molar-refractivity contribution in [3.8, 4) is 5.69 Å². The van der Waals surface area contributed by atoms with Gasteiger partial charge in [-0.15, -0.1) is 0 Å². The first-order valence-corrected chi connectivity index (χ1v) is 7.01. The molecule has 0 bridgehead atoms. The second kappa shape index (κ2) is 5.26. The molecule has 112 valence electrons. The molecule has 0 saturated carbocycles. The third-order valence-electron chi connectivity index (χ3n) is 3.87. The summed E-state index contributed by atoms with van der Waals surface area (Å²) in [6.07, 6.45) is 3.49. The van der Waals surface area contributed by atoms with Crippen LogP contribution in [-0.2, 0) is 14.9 Å². The van der Waals surface area contributed by atoms with Gasteiger partial charge in [-0.1, -0.05) is 12.1 Å². The highest BCUT2D eigenvalue weighted by molar-refractivity contribution is 5.82. The average Bonchev–Trinajstić information content (AvgIpc) is 2.98. The fraction of sp³-hybridized carbons (Fsp3) is 0.235. The molecular formula is C17H17N3O2. The van der Waals surface area contributed by atoms with E-state index in [0.29, 0.717) is 0 Å². The van der Waals surface area contributed by atoms with Crippen molar-refractivity contribution < 1.29 is 9.53 Å². The van der Waals surface area contributed by atoms with Crippen LogP contribution in [0.1, 0.15) is 19.4 Å². The van der Waals surface area contributed by atoms with E-state index in [1.807, 2.05) is 54.8 Å². The zero-order valence-corrected chi connectivity index (χ0v) is 12.8. The zero-order chi connectivity index (χ0) is 15.7. The van der Waals surface area contributed by atoms with Gasteiger partial charge in [-0.25, -0.2) is 9.97 Å². The lowest BCUT2D eigenvalue weighted by Gasteiger charge is -2.22. The molecule has 3 aromatic rings. The molecule has 22 heavy (non-hydrogen) atoms. The molecule has 2 heterocycles. The van der Waals surface area contributed by atoms with Crippen molar-refractivity contribution in [3.63, 3.8) is 0 Å². The third-order valence-corrected chi connectivity index (χ3v) is 3.87. The van der Waals surface area contributed by atoms with Gasteiger partial charge in [0.2, 0.25) is 0 Å². The van der Waals surface area contributed by atoms with Crippen LogP contribution in [0.4, 0.5) is 0 Å². The molecule has 0 spiro atoms. The van der Waals surface area contributed by atoms with Gasteiger partial charge in [0.05, 0.1) is 12.5 Å². The van der Waals surface area contributed by atoms with Crippen molar-refractivity contribution in [3.05, 3.63) is 54.5 Å². The number of methoxy groups -OCH3 is 1. The van der Waals surface area contributed by atoms with E-state index >= 15 is 0 Å². The number of pyridine rings is 1. The van der Waals surface area contributed by atoms with E-state index in [4.69, 9.17) is 4.74 Å². The maximum Gasteiger partial charge on any atom is 0.315 e. The molecule has 0 N–H and O–H groups in total. The minimum atomic E-state index is -0.678. The molecule has 0 unspecified atom stereocenters. The molecule has 5 heteroatoms. The van der Waals surface area contributed by atoms with Crippen LogP contribution >= 0.6 is 0 Å². The van der Waals surface area contributed by atoms with Crippen LogP contribution in [-0.4, -0.2) is 27.6 Å². The Labute approximate surface area is 128 Å². The molecule has 0 atom stereocenters. The molecule has 1 aromatic carbocycles. The van der Waals surface area contributed by atoms with Crippen LogP contribution in [0.5, 0.6) is 0 Å². The van der Waals surface area contributed by atoms with E-state index in [9.17, 15) is 4.79 Å². The standard InChI is InChI=1S/C17H17N3O2/c1-17(2,16(21)22-3)12-6-8-13(9-7-12)20-11-19-14-5-4-10-18-15(14)20/h4-11H,1-3H3. The van der Waals surface area contributed by atoms with E-state index in [-0.39, 0.29) is 5.97 Å². The number of fused-ring (bicyclic) bond motifs is 1. The maximum absolute atomic E-state index is 11.9. The van der Waals surface area contributed by atoms with Crippen molar-refractivity contribution in [2.45, 2.75) is 19.3 Å². The number of benzene rings is 1. The normalized spacial score (nSPS) is 11.6. The lowest BCUT2D eigenvalue weighted by Crippen LogP contribution is -2.30. The lowest BCUT2D eigenvalue weighted by molar-refractivity contribution is -0.146. The summed E-state index contributed by atoms with van der Waals surface area (Å²) in [5.74, 6) is -0.255. The molecule has 0 amide bonds. The van der Waals surface area contributed by atoms with Gasteiger partial charge < -0.3 is 4.74 Å². The van der Waals surface area contributed by atoms with Crippen molar-refractivity contribution in [1.82, 2.24) is 14.5 Å². The molecule has 0 aliphatic carbocycles. The third kappa shape index (κ3) is 2.24. The number of carbonyl (C=O) groups excluding carboxylic acids is 1. The Balaban J connectivity index is 2.00. The van der Waals surface area contributed by atoms with Gasteiger partial charge in [0.15, 0.2) is 5.65 Å². The highest BCUT2D eigenvalue weighted by Gasteiger charge is 2.30. The monoisotopic (exact) mass is 295 g/mol. The zero-order valence-electron chi connectivity index (χ0n) is 12.8. The fourth-order valence-electron chi connectivity index (χ4n) is 2.45. The number of esters is 1. The Morgan fingerprint density at radius 3 is 2.55 bits per heavy atom. The van der Waals surface area contributed by atoms with Gasteiger partial charge in [-0.2, -0.15) is 0 Å². The van der Waals surface area contributed by atoms with Crippen LogP contribution in [0.25, 0.3) is 16.9 Å². The number of hydrogen-bond donors (Lipinski definition) is 0. The summed E-state index contributed by atoms with van der Waals surface area (Å²) in [6.45, 7) is 3.70. The Kier molecular flexibility index (Phi) is 3.41. The smallest absolute Gasteiger partial charge is 0.315 e. The summed E-state index contributed by atoms with van der Waals surface area (Å²) in [4.78, 5) is 20.6. The van der Waals surface area contributed by atoms with Crippen LogP contribution in [0.15, 0.2) is 48.9 Å². The van der Waals surface area contributed by atoms with Gasteiger partial charge in [0.1, 0.15) is 11.8 Å². The summed E-state index contributed by atoms with van der Waals surface area (Å²) < 4.78 is 6.79. The van der Waals surface area contributed by atoms with E-state index < -0.39 is 5.41 Å². The highest BCUT2D eigenvalue weighted by atomic mass is 16.5. The average molecular weight is 295 g/mol. The molecule has 0 aliphatic rings. The number of ether oxygens (including phenoxy) is 1. The number of aromatic nitrogens is 3. The molecule has 0 fully saturated rings. The number of nitrogens with zero attached hydrogens (tertiary/aromatic N) is 3. The summed E-state index contributed by atoms with van der Waals surface area (Å²) in [7, 11) is 1.40. The predicted molar refractivity (Wildman–Crippen MR) is 83.9 cm³/mol. The van der Waals surface area contributed by atoms with Gasteiger partial charge in [-0.05, 0) is 43.7 Å². The molecular weight excluding hydrogens is 278 g/mol. The minimum Gasteiger partial charge on any atom is -0.468 e. The number of carbonyl (C=O) groups is 1. The van der Waals surface area contributed by atoms with Gasteiger partial charge in [0, 0.05) is 11.9 Å². The lowest BCUT2D eigenvalue weighted by atomic mass is 9.85. The highest BCUT2D eigenvalue weighted by Crippen LogP contribution is 2.26. The first-order chi connectivity index (χ1) is 10.5. The first kappa shape index (κ1) is 14.3. The number of imidazole rings is 1. The number of hydrogen-bond acceptors (Lipinski definition) is 4. The van der Waals surface area contributed by atoms with Crippen LogP contribution in [0, 0.1) is 0 Å². The van der Waals surface area contributed by atoms with Crippen molar-refractivity contribution in [2.24, 2.45) is 0 Å². The van der Waals surface area contributed by atoms with Gasteiger partial charge >= 0.3 is 5.97 Å². The van der Waals surface area contributed by atoms with Gasteiger partial charge in [-0.3, -0.25) is 9.36 Å².